The lowest BCUT2D eigenvalue weighted by Crippen LogP contribution is -2.32. The number of carbonyl (C=O) groups excluding carboxylic acids is 1. The zero-order valence-electron chi connectivity index (χ0n) is 6.58. The van der Waals surface area contributed by atoms with Gasteiger partial charge in [-0.1, -0.05) is 11.8 Å². The summed E-state index contributed by atoms with van der Waals surface area (Å²) in [5, 5.41) is 0.391. The quantitative estimate of drug-likeness (QED) is 0.589. The van der Waals surface area contributed by atoms with Crippen LogP contribution in [0.5, 0.6) is 0 Å². The van der Waals surface area contributed by atoms with Gasteiger partial charge in [-0.15, -0.1) is 0 Å². The molecule has 0 aromatic carbocycles. The van der Waals surface area contributed by atoms with Gasteiger partial charge < -0.3 is 0 Å². The van der Waals surface area contributed by atoms with Gasteiger partial charge in [0.2, 0.25) is 0 Å². The molecule has 2 rings (SSSR count). The molecular weight excluding hydrogens is 158 g/mol. The maximum absolute atomic E-state index is 10.9. The fourth-order valence-corrected chi connectivity index (χ4v) is 2.86. The molecule has 2 fully saturated rings. The number of rotatable bonds is 1. The van der Waals surface area contributed by atoms with E-state index in [0.717, 1.165) is 12.2 Å². The van der Waals surface area contributed by atoms with Crippen LogP contribution in [0.3, 0.4) is 0 Å². The molecule has 62 valence electrons. The molecule has 3 heteroatoms. The molecule has 0 saturated carbocycles. The Morgan fingerprint density at radius 1 is 1.36 bits per heavy atom. The molecule has 0 radical (unpaired) electrons. The number of thioether (sulfide) groups is 1. The molecule has 0 bridgehead atoms. The van der Waals surface area contributed by atoms with Gasteiger partial charge in [0.15, 0.2) is 5.12 Å². The van der Waals surface area contributed by atoms with Crippen LogP contribution in [0.1, 0.15) is 19.3 Å². The predicted octanol–water partition coefficient (Wildman–Crippen LogP) is 1.11. The molecule has 2 nitrogen and oxygen atoms in total. The van der Waals surface area contributed by atoms with E-state index < -0.39 is 0 Å². The number of carbonyl (C=O) groups is 1. The maximum atomic E-state index is 10.9. The molecule has 0 aliphatic carbocycles. The SMILES string of the molecule is O=C1CC(N2CCCC2)CS1. The van der Waals surface area contributed by atoms with E-state index in [-0.39, 0.29) is 0 Å². The first-order chi connectivity index (χ1) is 5.36. The van der Waals surface area contributed by atoms with Gasteiger partial charge in [-0.05, 0) is 25.9 Å². The summed E-state index contributed by atoms with van der Waals surface area (Å²) in [6, 6.07) is 0.579. The van der Waals surface area contributed by atoms with Gasteiger partial charge in [0.25, 0.3) is 0 Å². The molecule has 1 atom stereocenters. The Hall–Kier alpha value is -0.0200. The van der Waals surface area contributed by atoms with E-state index in [2.05, 4.69) is 4.90 Å². The number of hydrogen-bond acceptors (Lipinski definition) is 3. The smallest absolute Gasteiger partial charge is 0.190 e. The van der Waals surface area contributed by atoms with Crippen LogP contribution in [0, 0.1) is 0 Å². The minimum Gasteiger partial charge on any atom is -0.299 e. The lowest BCUT2D eigenvalue weighted by molar-refractivity contribution is -0.111. The first kappa shape index (κ1) is 7.62. The molecule has 0 spiro atoms. The van der Waals surface area contributed by atoms with Crippen molar-refractivity contribution in [2.75, 3.05) is 18.8 Å². The second-order valence-corrected chi connectivity index (χ2v) is 4.36. The van der Waals surface area contributed by atoms with Crippen molar-refractivity contribution in [1.29, 1.82) is 0 Å². The fourth-order valence-electron chi connectivity index (χ4n) is 1.84. The minimum absolute atomic E-state index is 0.391. The van der Waals surface area contributed by atoms with Gasteiger partial charge in [0.1, 0.15) is 0 Å². The van der Waals surface area contributed by atoms with Crippen LogP contribution >= 0.6 is 11.8 Å². The van der Waals surface area contributed by atoms with E-state index in [1.165, 1.54) is 37.7 Å². The Morgan fingerprint density at radius 2 is 2.09 bits per heavy atom. The molecule has 2 saturated heterocycles. The lowest BCUT2D eigenvalue weighted by Gasteiger charge is -2.20. The fraction of sp³-hybridized carbons (Fsp3) is 0.875. The van der Waals surface area contributed by atoms with Gasteiger partial charge in [-0.2, -0.15) is 0 Å². The predicted molar refractivity (Wildman–Crippen MR) is 46.7 cm³/mol. The van der Waals surface area contributed by atoms with E-state index in [1.807, 2.05) is 0 Å². The van der Waals surface area contributed by atoms with E-state index >= 15 is 0 Å². The Kier molecular flexibility index (Phi) is 2.18. The molecule has 2 heterocycles. The molecule has 11 heavy (non-hydrogen) atoms. The van der Waals surface area contributed by atoms with Crippen LogP contribution in [0.4, 0.5) is 0 Å². The molecule has 2 aliphatic rings. The van der Waals surface area contributed by atoms with Crippen LogP contribution in [-0.2, 0) is 4.79 Å². The van der Waals surface area contributed by atoms with Crippen molar-refractivity contribution in [3.05, 3.63) is 0 Å². The van der Waals surface area contributed by atoms with Crippen molar-refractivity contribution < 1.29 is 4.79 Å². The molecule has 2 aliphatic heterocycles. The van der Waals surface area contributed by atoms with Gasteiger partial charge in [0.05, 0.1) is 0 Å². The minimum atomic E-state index is 0.391. The highest BCUT2D eigenvalue weighted by Crippen LogP contribution is 2.26. The van der Waals surface area contributed by atoms with Crippen molar-refractivity contribution in [2.24, 2.45) is 0 Å². The Balaban J connectivity index is 1.90. The lowest BCUT2D eigenvalue weighted by atomic mass is 10.2. The van der Waals surface area contributed by atoms with Crippen LogP contribution in [0.15, 0.2) is 0 Å². The monoisotopic (exact) mass is 171 g/mol. The highest BCUT2D eigenvalue weighted by molar-refractivity contribution is 8.14. The van der Waals surface area contributed by atoms with E-state index in [4.69, 9.17) is 0 Å². The third-order valence-electron chi connectivity index (χ3n) is 2.50. The number of hydrogen-bond donors (Lipinski definition) is 0. The summed E-state index contributed by atoms with van der Waals surface area (Å²) in [5.74, 6) is 1.04. The molecule has 0 aromatic heterocycles. The summed E-state index contributed by atoms with van der Waals surface area (Å²) in [7, 11) is 0. The molecule has 0 aromatic rings. The van der Waals surface area contributed by atoms with Gasteiger partial charge >= 0.3 is 0 Å². The Labute approximate surface area is 71.3 Å². The third-order valence-corrected chi connectivity index (χ3v) is 3.54. The Bertz CT molecular complexity index is 165. The second-order valence-electron chi connectivity index (χ2n) is 3.28. The summed E-state index contributed by atoms with van der Waals surface area (Å²) in [5.41, 5.74) is 0. The summed E-state index contributed by atoms with van der Waals surface area (Å²) < 4.78 is 0. The van der Waals surface area contributed by atoms with Crippen LogP contribution in [-0.4, -0.2) is 34.9 Å². The molecule has 0 N–H and O–H groups in total. The average Bonchev–Trinajstić information content (AvgIpc) is 2.55. The third kappa shape index (κ3) is 1.59. The van der Waals surface area contributed by atoms with Gasteiger partial charge in [-0.25, -0.2) is 0 Å². The summed E-state index contributed by atoms with van der Waals surface area (Å²) in [6.07, 6.45) is 3.45. The second kappa shape index (κ2) is 3.15. The largest absolute Gasteiger partial charge is 0.299 e. The molecule has 1 unspecified atom stereocenters. The van der Waals surface area contributed by atoms with Crippen molar-refractivity contribution in [1.82, 2.24) is 4.90 Å². The normalized spacial score (nSPS) is 33.5. The van der Waals surface area contributed by atoms with Crippen LogP contribution < -0.4 is 0 Å². The van der Waals surface area contributed by atoms with E-state index in [1.54, 1.807) is 0 Å². The zero-order valence-corrected chi connectivity index (χ0v) is 7.40. The highest BCUT2D eigenvalue weighted by Gasteiger charge is 2.29. The summed E-state index contributed by atoms with van der Waals surface area (Å²) in [6.45, 7) is 2.44. The number of nitrogens with zero attached hydrogens (tertiary/aromatic N) is 1. The van der Waals surface area contributed by atoms with Crippen LogP contribution in [0.2, 0.25) is 0 Å². The van der Waals surface area contributed by atoms with Crippen molar-refractivity contribution >= 4 is 16.9 Å². The van der Waals surface area contributed by atoms with Crippen molar-refractivity contribution in [2.45, 2.75) is 25.3 Å². The standard InChI is InChI=1S/C8H13NOS/c10-8-5-7(6-11-8)9-3-1-2-4-9/h7H,1-6H2. The van der Waals surface area contributed by atoms with Crippen molar-refractivity contribution in [3.63, 3.8) is 0 Å². The van der Waals surface area contributed by atoms with Crippen LogP contribution in [0.25, 0.3) is 0 Å². The summed E-state index contributed by atoms with van der Waals surface area (Å²) in [4.78, 5) is 13.4. The first-order valence-corrected chi connectivity index (χ1v) is 5.24. The van der Waals surface area contributed by atoms with E-state index in [9.17, 15) is 4.79 Å². The van der Waals surface area contributed by atoms with Crippen molar-refractivity contribution in [3.8, 4) is 0 Å². The van der Waals surface area contributed by atoms with E-state index in [0.29, 0.717) is 11.2 Å². The first-order valence-electron chi connectivity index (χ1n) is 4.26. The van der Waals surface area contributed by atoms with Gasteiger partial charge in [-0.3, -0.25) is 9.69 Å². The molecular formula is C8H13NOS. The summed E-state index contributed by atoms with van der Waals surface area (Å²) >= 11 is 1.51. The number of likely N-dealkylation sites (tertiary alicyclic amines) is 1. The van der Waals surface area contributed by atoms with Gasteiger partial charge in [0, 0.05) is 18.2 Å². The highest BCUT2D eigenvalue weighted by atomic mass is 32.2. The zero-order chi connectivity index (χ0) is 7.68. The topological polar surface area (TPSA) is 20.3 Å². The average molecular weight is 171 g/mol. The molecule has 0 amide bonds. The Morgan fingerprint density at radius 3 is 2.64 bits per heavy atom. The maximum Gasteiger partial charge on any atom is 0.190 e.